The lowest BCUT2D eigenvalue weighted by Gasteiger charge is -2.10. The maximum atomic E-state index is 4.89. The Hall–Kier alpha value is -1.22. The first-order valence-corrected chi connectivity index (χ1v) is 9.46. The van der Waals surface area contributed by atoms with Crippen molar-refractivity contribution in [1.82, 2.24) is 4.90 Å². The van der Waals surface area contributed by atoms with Crippen LogP contribution >= 0.6 is 11.8 Å². The topological polar surface area (TPSA) is 15.6 Å². The van der Waals surface area contributed by atoms with Crippen molar-refractivity contribution in [3.05, 3.63) is 47.0 Å². The number of amidine groups is 1. The van der Waals surface area contributed by atoms with E-state index in [4.69, 9.17) is 4.99 Å². The van der Waals surface area contributed by atoms with Gasteiger partial charge in [0.25, 0.3) is 0 Å². The van der Waals surface area contributed by atoms with E-state index >= 15 is 0 Å². The highest BCUT2D eigenvalue weighted by molar-refractivity contribution is 8.17. The molecule has 0 spiro atoms. The van der Waals surface area contributed by atoms with Gasteiger partial charge in [-0.3, -0.25) is 4.99 Å². The average Bonchev–Trinajstić information content (AvgIpc) is 3.10. The van der Waals surface area contributed by atoms with Crippen molar-refractivity contribution in [2.24, 2.45) is 4.99 Å². The molecule has 0 radical (unpaired) electrons. The summed E-state index contributed by atoms with van der Waals surface area (Å²) in [6, 6.07) is 11.0. The lowest BCUT2D eigenvalue weighted by molar-refractivity contribution is 0.553. The van der Waals surface area contributed by atoms with Crippen molar-refractivity contribution in [2.45, 2.75) is 57.9 Å². The van der Waals surface area contributed by atoms with E-state index in [0.717, 1.165) is 6.54 Å². The third-order valence-electron chi connectivity index (χ3n) is 4.36. The van der Waals surface area contributed by atoms with Gasteiger partial charge in [0.15, 0.2) is 5.17 Å². The van der Waals surface area contributed by atoms with Gasteiger partial charge in [0.05, 0.1) is 12.6 Å². The van der Waals surface area contributed by atoms with E-state index < -0.39 is 0 Å². The quantitative estimate of drug-likeness (QED) is 0.569. The Bertz CT molecular complexity index is 536. The lowest BCUT2D eigenvalue weighted by atomic mass is 10.1. The molecule has 0 aromatic heterocycles. The summed E-state index contributed by atoms with van der Waals surface area (Å²) >= 11 is 1.89. The summed E-state index contributed by atoms with van der Waals surface area (Å²) in [5.41, 5.74) is 1.33. The fourth-order valence-corrected chi connectivity index (χ4v) is 4.16. The second kappa shape index (κ2) is 7.87. The molecule has 118 valence electrons. The SMILES string of the molecule is CCCCCCCCC1=CN2CC(c3ccccc3)N=C2S1. The molecule has 2 aliphatic rings. The fourth-order valence-electron chi connectivity index (χ4n) is 3.07. The number of thioether (sulfide) groups is 1. The number of unbranched alkanes of at least 4 members (excludes halogenated alkanes) is 5. The summed E-state index contributed by atoms with van der Waals surface area (Å²) in [6.45, 7) is 3.28. The van der Waals surface area contributed by atoms with Crippen molar-refractivity contribution in [3.8, 4) is 0 Å². The van der Waals surface area contributed by atoms with Crippen molar-refractivity contribution in [3.63, 3.8) is 0 Å². The van der Waals surface area contributed by atoms with Crippen LogP contribution in [0.3, 0.4) is 0 Å². The third-order valence-corrected chi connectivity index (χ3v) is 5.46. The van der Waals surface area contributed by atoms with Crippen LogP contribution in [0.5, 0.6) is 0 Å². The molecule has 0 amide bonds. The van der Waals surface area contributed by atoms with Gasteiger partial charge >= 0.3 is 0 Å². The van der Waals surface area contributed by atoms with Gasteiger partial charge in [-0.05, 0) is 18.4 Å². The molecule has 1 aromatic carbocycles. The molecule has 3 heteroatoms. The molecular formula is C19H26N2S. The van der Waals surface area contributed by atoms with Crippen LogP contribution in [-0.4, -0.2) is 16.6 Å². The second-order valence-corrected chi connectivity index (χ2v) is 7.30. The lowest BCUT2D eigenvalue weighted by Crippen LogP contribution is -2.16. The number of aliphatic imine (C=N–C) groups is 1. The number of rotatable bonds is 8. The van der Waals surface area contributed by atoms with E-state index in [1.807, 2.05) is 11.8 Å². The Morgan fingerprint density at radius 2 is 1.86 bits per heavy atom. The van der Waals surface area contributed by atoms with E-state index in [2.05, 4.69) is 48.4 Å². The molecule has 0 fully saturated rings. The molecule has 2 nitrogen and oxygen atoms in total. The van der Waals surface area contributed by atoms with E-state index in [0.29, 0.717) is 6.04 Å². The van der Waals surface area contributed by atoms with Crippen LogP contribution in [0.4, 0.5) is 0 Å². The predicted octanol–water partition coefficient (Wildman–Crippen LogP) is 5.74. The first kappa shape index (κ1) is 15.7. The largest absolute Gasteiger partial charge is 0.324 e. The summed E-state index contributed by atoms with van der Waals surface area (Å²) in [5.74, 6) is 0. The molecule has 1 atom stereocenters. The minimum absolute atomic E-state index is 0.315. The van der Waals surface area contributed by atoms with E-state index in [1.54, 1.807) is 0 Å². The molecule has 1 aromatic rings. The summed E-state index contributed by atoms with van der Waals surface area (Å²) in [5, 5.41) is 1.20. The van der Waals surface area contributed by atoms with E-state index in [-0.39, 0.29) is 0 Å². The van der Waals surface area contributed by atoms with Gasteiger partial charge in [-0.15, -0.1) is 0 Å². The smallest absolute Gasteiger partial charge is 0.168 e. The highest BCUT2D eigenvalue weighted by Gasteiger charge is 2.30. The molecule has 2 aliphatic heterocycles. The minimum Gasteiger partial charge on any atom is -0.324 e. The molecular weight excluding hydrogens is 288 g/mol. The van der Waals surface area contributed by atoms with Gasteiger partial charge in [-0.25, -0.2) is 0 Å². The van der Waals surface area contributed by atoms with E-state index in [1.165, 1.54) is 60.6 Å². The first-order chi connectivity index (χ1) is 10.9. The number of hydrogen-bond donors (Lipinski definition) is 0. The van der Waals surface area contributed by atoms with Crippen LogP contribution < -0.4 is 0 Å². The van der Waals surface area contributed by atoms with Gasteiger partial charge < -0.3 is 4.90 Å². The van der Waals surface area contributed by atoms with E-state index in [9.17, 15) is 0 Å². The first-order valence-electron chi connectivity index (χ1n) is 8.65. The van der Waals surface area contributed by atoms with Gasteiger partial charge in [-0.2, -0.15) is 0 Å². The molecule has 0 saturated carbocycles. The molecule has 0 N–H and O–H groups in total. The highest BCUT2D eigenvalue weighted by atomic mass is 32.2. The number of benzene rings is 1. The summed E-state index contributed by atoms with van der Waals surface area (Å²) in [4.78, 5) is 8.74. The standard InChI is InChI=1S/C19H26N2S/c1-2-3-4-5-6-10-13-17-14-21-15-18(20-19(21)22-17)16-11-8-7-9-12-16/h7-9,11-12,14,18H,2-6,10,13,15H2,1H3. The fraction of sp³-hybridized carbons (Fsp3) is 0.526. The van der Waals surface area contributed by atoms with Gasteiger partial charge in [-0.1, -0.05) is 81.1 Å². The number of fused-ring (bicyclic) bond motifs is 1. The van der Waals surface area contributed by atoms with Crippen LogP contribution in [0.1, 0.15) is 63.5 Å². The number of allylic oxidation sites excluding steroid dienone is 1. The predicted molar refractivity (Wildman–Crippen MR) is 97.0 cm³/mol. The second-order valence-electron chi connectivity index (χ2n) is 6.21. The Labute approximate surface area is 138 Å². The molecule has 0 aliphatic carbocycles. The van der Waals surface area contributed by atoms with Crippen molar-refractivity contribution in [1.29, 1.82) is 0 Å². The van der Waals surface area contributed by atoms with Crippen molar-refractivity contribution < 1.29 is 0 Å². The van der Waals surface area contributed by atoms with Crippen molar-refractivity contribution >= 4 is 16.9 Å². The van der Waals surface area contributed by atoms with Gasteiger partial charge in [0.1, 0.15) is 0 Å². The molecule has 3 rings (SSSR count). The van der Waals surface area contributed by atoms with Crippen LogP contribution in [-0.2, 0) is 0 Å². The zero-order valence-electron chi connectivity index (χ0n) is 13.5. The Balaban J connectivity index is 1.43. The molecule has 0 saturated heterocycles. The normalized spacial score (nSPS) is 20.0. The maximum Gasteiger partial charge on any atom is 0.168 e. The molecule has 1 unspecified atom stereocenters. The highest BCUT2D eigenvalue weighted by Crippen LogP contribution is 2.39. The minimum atomic E-state index is 0.315. The van der Waals surface area contributed by atoms with Crippen molar-refractivity contribution in [2.75, 3.05) is 6.54 Å². The molecule has 2 heterocycles. The Morgan fingerprint density at radius 1 is 1.09 bits per heavy atom. The Morgan fingerprint density at radius 3 is 2.64 bits per heavy atom. The van der Waals surface area contributed by atoms with Gasteiger partial charge in [0.2, 0.25) is 0 Å². The average molecular weight is 314 g/mol. The summed E-state index contributed by atoms with van der Waals surface area (Å²) < 4.78 is 0. The number of hydrogen-bond acceptors (Lipinski definition) is 3. The zero-order chi connectivity index (χ0) is 15.2. The van der Waals surface area contributed by atoms with Crippen LogP contribution in [0, 0.1) is 0 Å². The van der Waals surface area contributed by atoms with Gasteiger partial charge in [0, 0.05) is 11.1 Å². The van der Waals surface area contributed by atoms with Crippen LogP contribution in [0.2, 0.25) is 0 Å². The summed E-state index contributed by atoms with van der Waals surface area (Å²) in [6.07, 6.45) is 11.8. The van der Waals surface area contributed by atoms with Crippen LogP contribution in [0.25, 0.3) is 0 Å². The summed E-state index contributed by atoms with van der Waals surface area (Å²) in [7, 11) is 0. The van der Waals surface area contributed by atoms with Crippen LogP contribution in [0.15, 0.2) is 46.4 Å². The molecule has 0 bridgehead atoms. The Kier molecular flexibility index (Phi) is 5.60. The maximum absolute atomic E-state index is 4.89. The monoisotopic (exact) mass is 314 g/mol. The third kappa shape index (κ3) is 3.95. The zero-order valence-corrected chi connectivity index (χ0v) is 14.3. The number of nitrogens with zero attached hydrogens (tertiary/aromatic N) is 2. The molecule has 22 heavy (non-hydrogen) atoms.